The van der Waals surface area contributed by atoms with Gasteiger partial charge in [0.25, 0.3) is 5.91 Å². The third kappa shape index (κ3) is 4.92. The summed E-state index contributed by atoms with van der Waals surface area (Å²) in [5, 5.41) is 3.32. The summed E-state index contributed by atoms with van der Waals surface area (Å²) in [6, 6.07) is 12.6. The minimum atomic E-state index is -0.540. The van der Waals surface area contributed by atoms with E-state index in [-0.39, 0.29) is 5.91 Å². The summed E-state index contributed by atoms with van der Waals surface area (Å²) in [5.74, 6) is -1.98. The Balaban J connectivity index is 1.37. The number of hydrogen-bond acceptors (Lipinski definition) is 4. The van der Waals surface area contributed by atoms with Gasteiger partial charge in [0.05, 0.1) is 21.9 Å². The lowest BCUT2D eigenvalue weighted by atomic mass is 9.78. The van der Waals surface area contributed by atoms with Crippen LogP contribution in [0.4, 0.5) is 11.4 Å². The zero-order valence-electron chi connectivity index (χ0n) is 17.5. The van der Waals surface area contributed by atoms with Crippen LogP contribution >= 0.6 is 23.2 Å². The molecule has 4 rings (SSSR count). The first-order chi connectivity index (χ1) is 15.4. The maximum Gasteiger partial charge on any atom is 0.310 e. The molecule has 1 aliphatic heterocycles. The SMILES string of the molecule is O=C(COC(=O)[C@H]1CCCC[C@@H]1C(=O)N1CCc2ccccc21)Nc1ccc(Cl)c(Cl)c1. The molecule has 1 aliphatic carbocycles. The van der Waals surface area contributed by atoms with Gasteiger partial charge in [0.15, 0.2) is 6.61 Å². The molecule has 6 nitrogen and oxygen atoms in total. The molecule has 1 fully saturated rings. The lowest BCUT2D eigenvalue weighted by Crippen LogP contribution is -2.42. The van der Waals surface area contributed by atoms with Crippen LogP contribution in [0.15, 0.2) is 42.5 Å². The van der Waals surface area contributed by atoms with Crippen LogP contribution in [0.2, 0.25) is 10.0 Å². The number of fused-ring (bicyclic) bond motifs is 1. The van der Waals surface area contributed by atoms with Gasteiger partial charge in [-0.05, 0) is 49.1 Å². The van der Waals surface area contributed by atoms with E-state index < -0.39 is 30.3 Å². The number of amides is 2. The molecule has 2 aliphatic rings. The van der Waals surface area contributed by atoms with E-state index in [2.05, 4.69) is 5.32 Å². The second-order valence-corrected chi connectivity index (χ2v) is 8.97. The number of esters is 1. The van der Waals surface area contributed by atoms with Gasteiger partial charge in [0.2, 0.25) is 5.91 Å². The summed E-state index contributed by atoms with van der Waals surface area (Å²) < 4.78 is 5.30. The Bertz CT molecular complexity index is 1040. The predicted molar refractivity (Wildman–Crippen MR) is 124 cm³/mol. The molecule has 0 saturated heterocycles. The Morgan fingerprint density at radius 3 is 2.53 bits per heavy atom. The Hall–Kier alpha value is -2.57. The van der Waals surface area contributed by atoms with Crippen molar-refractivity contribution in [3.8, 4) is 0 Å². The number of rotatable bonds is 5. The van der Waals surface area contributed by atoms with Gasteiger partial charge < -0.3 is 15.0 Å². The third-order valence-electron chi connectivity index (χ3n) is 6.09. The van der Waals surface area contributed by atoms with Crippen LogP contribution < -0.4 is 10.2 Å². The highest BCUT2D eigenvalue weighted by molar-refractivity contribution is 6.42. The molecular formula is C24H24Cl2N2O4. The first-order valence-electron chi connectivity index (χ1n) is 10.7. The van der Waals surface area contributed by atoms with Gasteiger partial charge in [-0.25, -0.2) is 0 Å². The first-order valence-corrected chi connectivity index (χ1v) is 11.5. The van der Waals surface area contributed by atoms with E-state index in [4.69, 9.17) is 27.9 Å². The van der Waals surface area contributed by atoms with Gasteiger partial charge in [-0.15, -0.1) is 0 Å². The average Bonchev–Trinajstić information content (AvgIpc) is 3.23. The third-order valence-corrected chi connectivity index (χ3v) is 6.83. The molecule has 1 heterocycles. The van der Waals surface area contributed by atoms with Crippen LogP contribution in [0.3, 0.4) is 0 Å². The van der Waals surface area contributed by atoms with E-state index in [1.807, 2.05) is 24.3 Å². The van der Waals surface area contributed by atoms with Gasteiger partial charge in [0, 0.05) is 17.9 Å². The van der Waals surface area contributed by atoms with E-state index in [1.54, 1.807) is 17.0 Å². The maximum atomic E-state index is 13.3. The summed E-state index contributed by atoms with van der Waals surface area (Å²) in [7, 11) is 0. The maximum absolute atomic E-state index is 13.3. The van der Waals surface area contributed by atoms with E-state index in [0.717, 1.165) is 30.5 Å². The summed E-state index contributed by atoms with van der Waals surface area (Å²) in [6.45, 7) is 0.200. The van der Waals surface area contributed by atoms with Gasteiger partial charge in [-0.3, -0.25) is 14.4 Å². The normalized spacial score (nSPS) is 19.9. The Morgan fingerprint density at radius 1 is 1.00 bits per heavy atom. The minimum Gasteiger partial charge on any atom is -0.455 e. The topological polar surface area (TPSA) is 75.7 Å². The van der Waals surface area contributed by atoms with Crippen molar-refractivity contribution < 1.29 is 19.1 Å². The Morgan fingerprint density at radius 2 is 1.75 bits per heavy atom. The van der Waals surface area contributed by atoms with Gasteiger partial charge in [-0.2, -0.15) is 0 Å². The molecule has 0 unspecified atom stereocenters. The molecule has 1 saturated carbocycles. The summed E-state index contributed by atoms with van der Waals surface area (Å²) in [5.41, 5.74) is 2.53. The molecule has 0 bridgehead atoms. The highest BCUT2D eigenvalue weighted by Crippen LogP contribution is 2.36. The molecule has 32 heavy (non-hydrogen) atoms. The number of ether oxygens (including phenoxy) is 1. The zero-order valence-corrected chi connectivity index (χ0v) is 19.0. The van der Waals surface area contributed by atoms with Crippen LogP contribution in [0.1, 0.15) is 31.2 Å². The number of para-hydroxylation sites is 1. The molecule has 2 aromatic carbocycles. The molecule has 2 atom stereocenters. The van der Waals surface area contributed by atoms with Crippen molar-refractivity contribution in [2.24, 2.45) is 11.8 Å². The number of nitrogens with one attached hydrogen (secondary N) is 1. The van der Waals surface area contributed by atoms with E-state index in [0.29, 0.717) is 35.1 Å². The second kappa shape index (κ2) is 9.92. The fraction of sp³-hybridized carbons (Fsp3) is 0.375. The largest absolute Gasteiger partial charge is 0.455 e. The van der Waals surface area contributed by atoms with E-state index in [1.165, 1.54) is 6.07 Å². The number of carbonyl (C=O) groups excluding carboxylic acids is 3. The fourth-order valence-corrected chi connectivity index (χ4v) is 4.79. The van der Waals surface area contributed by atoms with Crippen molar-refractivity contribution in [2.45, 2.75) is 32.1 Å². The summed E-state index contributed by atoms with van der Waals surface area (Å²) >= 11 is 11.8. The molecule has 168 valence electrons. The monoisotopic (exact) mass is 474 g/mol. The summed E-state index contributed by atoms with van der Waals surface area (Å²) in [6.07, 6.45) is 3.80. The van der Waals surface area contributed by atoms with Crippen molar-refractivity contribution in [1.82, 2.24) is 0 Å². The standard InChI is InChI=1S/C24H24Cl2N2O4/c25-19-10-9-16(13-20(19)26)27-22(29)14-32-24(31)18-7-3-2-6-17(18)23(30)28-12-11-15-5-1-4-8-21(15)28/h1,4-5,8-10,13,17-18H,2-3,6-7,11-12,14H2,(H,27,29)/t17-,18-/m0/s1. The number of hydrogen-bond donors (Lipinski definition) is 1. The van der Waals surface area contributed by atoms with Crippen LogP contribution in [-0.2, 0) is 25.5 Å². The quantitative estimate of drug-likeness (QED) is 0.627. The Labute approximate surface area is 196 Å². The summed E-state index contributed by atoms with van der Waals surface area (Å²) in [4.78, 5) is 40.2. The van der Waals surface area contributed by atoms with Crippen molar-refractivity contribution in [3.63, 3.8) is 0 Å². The van der Waals surface area contributed by atoms with Crippen molar-refractivity contribution >= 4 is 52.4 Å². The number of carbonyl (C=O) groups is 3. The number of halogens is 2. The number of nitrogens with zero attached hydrogens (tertiary/aromatic N) is 1. The number of benzene rings is 2. The molecule has 8 heteroatoms. The highest BCUT2D eigenvalue weighted by atomic mass is 35.5. The van der Waals surface area contributed by atoms with Crippen LogP contribution in [0, 0.1) is 11.8 Å². The van der Waals surface area contributed by atoms with E-state index >= 15 is 0 Å². The lowest BCUT2D eigenvalue weighted by molar-refractivity contribution is -0.156. The molecule has 1 N–H and O–H groups in total. The van der Waals surface area contributed by atoms with Gasteiger partial charge in [-0.1, -0.05) is 54.2 Å². The molecular weight excluding hydrogens is 451 g/mol. The van der Waals surface area contributed by atoms with Crippen molar-refractivity contribution in [2.75, 3.05) is 23.4 Å². The van der Waals surface area contributed by atoms with Gasteiger partial charge >= 0.3 is 5.97 Å². The van der Waals surface area contributed by atoms with Gasteiger partial charge in [0.1, 0.15) is 0 Å². The van der Waals surface area contributed by atoms with Crippen LogP contribution in [0.25, 0.3) is 0 Å². The zero-order chi connectivity index (χ0) is 22.7. The second-order valence-electron chi connectivity index (χ2n) is 8.15. The molecule has 0 radical (unpaired) electrons. The smallest absolute Gasteiger partial charge is 0.310 e. The van der Waals surface area contributed by atoms with Crippen LogP contribution in [0.5, 0.6) is 0 Å². The fourth-order valence-electron chi connectivity index (χ4n) is 4.49. The van der Waals surface area contributed by atoms with Crippen molar-refractivity contribution in [1.29, 1.82) is 0 Å². The first kappa shape index (κ1) is 22.6. The predicted octanol–water partition coefficient (Wildman–Crippen LogP) is 4.87. The van der Waals surface area contributed by atoms with Crippen molar-refractivity contribution in [3.05, 3.63) is 58.1 Å². The molecule has 0 spiro atoms. The minimum absolute atomic E-state index is 0.0307. The van der Waals surface area contributed by atoms with Crippen LogP contribution in [-0.4, -0.2) is 30.9 Å². The molecule has 2 aromatic rings. The molecule has 2 amide bonds. The number of anilines is 2. The van der Waals surface area contributed by atoms with E-state index in [9.17, 15) is 14.4 Å². The lowest BCUT2D eigenvalue weighted by Gasteiger charge is -2.32. The molecule has 0 aromatic heterocycles. The highest BCUT2D eigenvalue weighted by Gasteiger charge is 2.40. The average molecular weight is 475 g/mol. The Kier molecular flexibility index (Phi) is 7.01.